The molecule has 5 rings (SSSR count). The SMILES string of the molecule is CC1CN(c2c(F)cc3c(=O)c4c(O)[nH]c(=O)cc4n(C4CC4)c3c2F)CC(C)N1C. The summed E-state index contributed by atoms with van der Waals surface area (Å²) in [6, 6.07) is 2.32. The lowest BCUT2D eigenvalue weighted by Gasteiger charge is -2.43. The van der Waals surface area contributed by atoms with E-state index < -0.39 is 28.5 Å². The molecule has 0 radical (unpaired) electrons. The number of likely N-dealkylation sites (N-methyl/N-ethyl adjacent to an activating group) is 1. The highest BCUT2D eigenvalue weighted by molar-refractivity contribution is 5.97. The predicted molar refractivity (Wildman–Crippen MR) is 115 cm³/mol. The minimum absolute atomic E-state index is 0.0133. The normalized spacial score (nSPS) is 22.5. The van der Waals surface area contributed by atoms with E-state index in [0.717, 1.165) is 18.9 Å². The summed E-state index contributed by atoms with van der Waals surface area (Å²) in [5.74, 6) is -2.20. The van der Waals surface area contributed by atoms with Crippen LogP contribution in [0.15, 0.2) is 21.7 Å². The lowest BCUT2D eigenvalue weighted by molar-refractivity contribution is 0.169. The van der Waals surface area contributed by atoms with E-state index in [-0.39, 0.29) is 45.6 Å². The molecular formula is C22H24F2N4O3. The van der Waals surface area contributed by atoms with Gasteiger partial charge in [-0.3, -0.25) is 19.5 Å². The molecule has 2 unspecified atom stereocenters. The molecule has 1 aromatic carbocycles. The maximum absolute atomic E-state index is 16.0. The highest BCUT2D eigenvalue weighted by Crippen LogP contribution is 2.42. The molecule has 2 fully saturated rings. The smallest absolute Gasteiger partial charge is 0.252 e. The Hall–Kier alpha value is -2.94. The third kappa shape index (κ3) is 2.94. The molecule has 1 aliphatic heterocycles. The molecule has 1 aliphatic carbocycles. The second-order valence-corrected chi connectivity index (χ2v) is 8.86. The summed E-state index contributed by atoms with van der Waals surface area (Å²) in [7, 11) is 1.99. The van der Waals surface area contributed by atoms with Gasteiger partial charge in [0.1, 0.15) is 16.9 Å². The molecule has 2 N–H and O–H groups in total. The van der Waals surface area contributed by atoms with Crippen LogP contribution in [-0.2, 0) is 0 Å². The van der Waals surface area contributed by atoms with Gasteiger partial charge < -0.3 is 14.6 Å². The van der Waals surface area contributed by atoms with Gasteiger partial charge in [0.2, 0.25) is 11.3 Å². The van der Waals surface area contributed by atoms with Crippen LogP contribution < -0.4 is 15.9 Å². The van der Waals surface area contributed by atoms with Crippen molar-refractivity contribution in [1.82, 2.24) is 14.5 Å². The molecule has 0 bridgehead atoms. The number of nitrogens with one attached hydrogen (secondary N) is 1. The summed E-state index contributed by atoms with van der Waals surface area (Å²) >= 11 is 0. The number of pyridine rings is 2. The maximum atomic E-state index is 16.0. The molecule has 2 aliphatic rings. The number of hydrogen-bond acceptors (Lipinski definition) is 5. The fourth-order valence-electron chi connectivity index (χ4n) is 4.80. The topological polar surface area (TPSA) is 81.6 Å². The van der Waals surface area contributed by atoms with E-state index in [1.165, 1.54) is 6.07 Å². The first kappa shape index (κ1) is 20.0. The number of nitrogens with zero attached hydrogens (tertiary/aromatic N) is 3. The minimum Gasteiger partial charge on any atom is -0.494 e. The van der Waals surface area contributed by atoms with Gasteiger partial charge in [0.05, 0.1) is 16.4 Å². The van der Waals surface area contributed by atoms with Gasteiger partial charge in [0.25, 0.3) is 5.56 Å². The number of benzene rings is 1. The van der Waals surface area contributed by atoms with Crippen LogP contribution in [0.25, 0.3) is 21.8 Å². The molecule has 2 aromatic heterocycles. The fraction of sp³-hybridized carbons (Fsp3) is 0.455. The van der Waals surface area contributed by atoms with Crippen molar-refractivity contribution in [2.45, 2.75) is 44.8 Å². The zero-order valence-corrected chi connectivity index (χ0v) is 17.6. The Bertz CT molecular complexity index is 1330. The lowest BCUT2D eigenvalue weighted by Crippen LogP contribution is -2.55. The van der Waals surface area contributed by atoms with Crippen molar-refractivity contribution in [3.05, 3.63) is 44.3 Å². The first-order valence-corrected chi connectivity index (χ1v) is 10.5. The third-order valence-electron chi connectivity index (χ3n) is 6.73. The Morgan fingerprint density at radius 2 is 1.74 bits per heavy atom. The molecule has 9 heteroatoms. The zero-order chi connectivity index (χ0) is 22.2. The van der Waals surface area contributed by atoms with Crippen LogP contribution in [-0.4, -0.2) is 51.8 Å². The first-order valence-electron chi connectivity index (χ1n) is 10.5. The van der Waals surface area contributed by atoms with Crippen molar-refractivity contribution in [2.24, 2.45) is 0 Å². The average molecular weight is 430 g/mol. The van der Waals surface area contributed by atoms with Gasteiger partial charge in [-0.05, 0) is 39.8 Å². The molecule has 0 amide bonds. The summed E-state index contributed by atoms with van der Waals surface area (Å²) in [6.45, 7) is 4.90. The molecule has 3 heterocycles. The number of rotatable bonds is 2. The summed E-state index contributed by atoms with van der Waals surface area (Å²) < 4.78 is 32.9. The number of anilines is 1. The van der Waals surface area contributed by atoms with Crippen molar-refractivity contribution < 1.29 is 13.9 Å². The molecule has 1 saturated carbocycles. The van der Waals surface area contributed by atoms with Crippen LogP contribution in [0.2, 0.25) is 0 Å². The van der Waals surface area contributed by atoms with Crippen molar-refractivity contribution in [3.8, 4) is 5.88 Å². The highest BCUT2D eigenvalue weighted by atomic mass is 19.1. The average Bonchev–Trinajstić information content (AvgIpc) is 3.51. The third-order valence-corrected chi connectivity index (χ3v) is 6.73. The van der Waals surface area contributed by atoms with Gasteiger partial charge in [-0.2, -0.15) is 0 Å². The van der Waals surface area contributed by atoms with Crippen molar-refractivity contribution in [1.29, 1.82) is 0 Å². The summed E-state index contributed by atoms with van der Waals surface area (Å²) in [5.41, 5.74) is -1.30. The molecule has 2 atom stereocenters. The van der Waals surface area contributed by atoms with E-state index >= 15 is 8.78 Å². The number of aromatic hydroxyl groups is 1. The fourth-order valence-corrected chi connectivity index (χ4v) is 4.80. The number of aromatic nitrogens is 2. The van der Waals surface area contributed by atoms with Crippen LogP contribution in [0.5, 0.6) is 5.88 Å². The van der Waals surface area contributed by atoms with Crippen LogP contribution in [0.4, 0.5) is 14.5 Å². The largest absolute Gasteiger partial charge is 0.494 e. The Kier molecular flexibility index (Phi) is 4.37. The van der Waals surface area contributed by atoms with E-state index in [1.807, 2.05) is 20.9 Å². The van der Waals surface area contributed by atoms with Gasteiger partial charge in [0.15, 0.2) is 5.82 Å². The number of piperazine rings is 1. The quantitative estimate of drug-likeness (QED) is 0.611. The molecule has 1 saturated heterocycles. The van der Waals surface area contributed by atoms with E-state index in [0.29, 0.717) is 13.1 Å². The Balaban J connectivity index is 1.86. The van der Waals surface area contributed by atoms with Crippen molar-refractivity contribution >= 4 is 27.5 Å². The van der Waals surface area contributed by atoms with Crippen LogP contribution in [0.1, 0.15) is 32.7 Å². The van der Waals surface area contributed by atoms with E-state index in [1.54, 1.807) is 9.47 Å². The van der Waals surface area contributed by atoms with Gasteiger partial charge in [-0.15, -0.1) is 0 Å². The van der Waals surface area contributed by atoms with Gasteiger partial charge in [0, 0.05) is 37.3 Å². The van der Waals surface area contributed by atoms with E-state index in [9.17, 15) is 14.7 Å². The Morgan fingerprint density at radius 3 is 2.35 bits per heavy atom. The molecular weight excluding hydrogens is 406 g/mol. The number of fused-ring (bicyclic) bond motifs is 2. The molecule has 7 nitrogen and oxygen atoms in total. The van der Waals surface area contributed by atoms with Crippen molar-refractivity contribution in [2.75, 3.05) is 25.0 Å². The van der Waals surface area contributed by atoms with Gasteiger partial charge in [-0.25, -0.2) is 8.78 Å². The summed E-state index contributed by atoms with van der Waals surface area (Å²) in [5, 5.41) is 9.96. The number of aromatic amines is 1. The van der Waals surface area contributed by atoms with Gasteiger partial charge in [-0.1, -0.05) is 0 Å². The van der Waals surface area contributed by atoms with Crippen LogP contribution >= 0.6 is 0 Å². The standard InChI is InChI=1S/C22H24F2N4O3/c1-10-8-27(9-11(2)26(10)3)20-14(23)6-13-19(18(20)24)28(12-4-5-12)15-7-16(29)25-22(31)17(15)21(13)30/h6-7,10-12H,4-5,8-9H2,1-3H3,(H2,25,29,31). The van der Waals surface area contributed by atoms with Crippen LogP contribution in [0, 0.1) is 11.6 Å². The van der Waals surface area contributed by atoms with E-state index in [4.69, 9.17) is 0 Å². The van der Waals surface area contributed by atoms with Crippen molar-refractivity contribution in [3.63, 3.8) is 0 Å². The lowest BCUT2D eigenvalue weighted by atomic mass is 10.0. The first-order chi connectivity index (χ1) is 14.7. The highest BCUT2D eigenvalue weighted by Gasteiger charge is 2.34. The monoisotopic (exact) mass is 430 g/mol. The molecule has 0 spiro atoms. The minimum atomic E-state index is -0.809. The molecule has 164 valence electrons. The number of H-pyrrole nitrogens is 1. The number of halogens is 2. The summed E-state index contributed by atoms with van der Waals surface area (Å²) in [4.78, 5) is 31.2. The van der Waals surface area contributed by atoms with Gasteiger partial charge >= 0.3 is 0 Å². The second kappa shape index (κ2) is 6.78. The predicted octanol–water partition coefficient (Wildman–Crippen LogP) is 2.69. The zero-order valence-electron chi connectivity index (χ0n) is 17.6. The maximum Gasteiger partial charge on any atom is 0.252 e. The Labute approximate surface area is 176 Å². The second-order valence-electron chi connectivity index (χ2n) is 8.86. The molecule has 31 heavy (non-hydrogen) atoms. The van der Waals surface area contributed by atoms with Crippen LogP contribution in [0.3, 0.4) is 0 Å². The van der Waals surface area contributed by atoms with E-state index in [2.05, 4.69) is 9.88 Å². The molecule has 3 aromatic rings. The Morgan fingerprint density at radius 1 is 1.10 bits per heavy atom. The summed E-state index contributed by atoms with van der Waals surface area (Å²) in [6.07, 6.45) is 1.49. The number of hydrogen-bond donors (Lipinski definition) is 2.